The van der Waals surface area contributed by atoms with Gasteiger partial charge in [-0.2, -0.15) is 5.26 Å². The summed E-state index contributed by atoms with van der Waals surface area (Å²) >= 11 is 5.86. The minimum atomic E-state index is -0.410. The quantitative estimate of drug-likeness (QED) is 0.572. The maximum atomic E-state index is 13.6. The van der Waals surface area contributed by atoms with Gasteiger partial charge in [-0.15, -0.1) is 0 Å². The number of nitrogens with zero attached hydrogens (tertiary/aromatic N) is 1. The number of hydrogen-bond acceptors (Lipinski definition) is 1. The molecule has 0 radical (unpaired) electrons. The zero-order valence-electron chi connectivity index (χ0n) is 9.40. The molecule has 3 heteroatoms. The van der Waals surface area contributed by atoms with Crippen LogP contribution in [0.15, 0.2) is 48.5 Å². The zero-order chi connectivity index (χ0) is 13.0. The highest BCUT2D eigenvalue weighted by molar-refractivity contribution is 6.30. The molecule has 88 valence electrons. The van der Waals surface area contributed by atoms with Crippen molar-refractivity contribution in [1.29, 1.82) is 5.26 Å². The Labute approximate surface area is 110 Å². The van der Waals surface area contributed by atoms with E-state index in [2.05, 4.69) is 0 Å². The monoisotopic (exact) mass is 257 g/mol. The molecule has 0 aliphatic carbocycles. The first-order valence-electron chi connectivity index (χ1n) is 5.33. The van der Waals surface area contributed by atoms with Crippen molar-refractivity contribution in [3.63, 3.8) is 0 Å². The Morgan fingerprint density at radius 1 is 1.17 bits per heavy atom. The molecule has 0 fully saturated rings. The van der Waals surface area contributed by atoms with Crippen LogP contribution in [-0.2, 0) is 0 Å². The Morgan fingerprint density at radius 2 is 1.94 bits per heavy atom. The van der Waals surface area contributed by atoms with Gasteiger partial charge in [-0.05, 0) is 29.8 Å². The predicted molar refractivity (Wildman–Crippen MR) is 71.3 cm³/mol. The van der Waals surface area contributed by atoms with E-state index in [9.17, 15) is 4.39 Å². The molecule has 0 N–H and O–H groups in total. The minimum Gasteiger partial charge on any atom is -0.206 e. The fourth-order valence-electron chi connectivity index (χ4n) is 1.61. The Bertz CT molecular complexity index is 641. The van der Waals surface area contributed by atoms with Gasteiger partial charge in [0.05, 0.1) is 11.6 Å². The minimum absolute atomic E-state index is 0.273. The number of hydrogen-bond donors (Lipinski definition) is 0. The van der Waals surface area contributed by atoms with Crippen LogP contribution in [0.25, 0.3) is 11.6 Å². The van der Waals surface area contributed by atoms with Gasteiger partial charge in [-0.25, -0.2) is 4.39 Å². The molecular formula is C15H9ClFN. The molecule has 0 saturated heterocycles. The molecule has 0 aliphatic heterocycles. The van der Waals surface area contributed by atoms with Gasteiger partial charge >= 0.3 is 0 Å². The van der Waals surface area contributed by atoms with Gasteiger partial charge in [0.25, 0.3) is 0 Å². The number of halogens is 2. The number of benzene rings is 2. The average molecular weight is 258 g/mol. The van der Waals surface area contributed by atoms with Crippen LogP contribution in [0, 0.1) is 17.1 Å². The molecule has 0 amide bonds. The van der Waals surface area contributed by atoms with Crippen LogP contribution < -0.4 is 0 Å². The summed E-state index contributed by atoms with van der Waals surface area (Å²) in [5.41, 5.74) is 1.33. The summed E-state index contributed by atoms with van der Waals surface area (Å²) in [5, 5.41) is 9.69. The molecular weight excluding hydrogens is 249 g/mol. The topological polar surface area (TPSA) is 23.8 Å². The van der Waals surface area contributed by atoms with E-state index >= 15 is 0 Å². The van der Waals surface area contributed by atoms with Gasteiger partial charge in [-0.1, -0.05) is 41.9 Å². The Kier molecular flexibility index (Phi) is 3.76. The van der Waals surface area contributed by atoms with Crippen molar-refractivity contribution in [2.75, 3.05) is 0 Å². The molecule has 0 aromatic heterocycles. The largest absolute Gasteiger partial charge is 0.206 e. The lowest BCUT2D eigenvalue weighted by Crippen LogP contribution is -1.87. The number of rotatable bonds is 2. The molecule has 18 heavy (non-hydrogen) atoms. The molecule has 0 bridgehead atoms. The van der Waals surface area contributed by atoms with Crippen molar-refractivity contribution in [2.24, 2.45) is 0 Å². The normalized spacial score (nSPS) is 11.1. The summed E-state index contributed by atoms with van der Waals surface area (Å²) in [6.45, 7) is 0. The summed E-state index contributed by atoms with van der Waals surface area (Å²) in [7, 11) is 0. The predicted octanol–water partition coefficient (Wildman–Crippen LogP) is 4.54. The van der Waals surface area contributed by atoms with Crippen LogP contribution in [0.3, 0.4) is 0 Å². The molecule has 2 aromatic rings. The molecule has 0 saturated carbocycles. The highest BCUT2D eigenvalue weighted by Crippen LogP contribution is 2.21. The Morgan fingerprint density at radius 3 is 2.61 bits per heavy atom. The fourth-order valence-corrected chi connectivity index (χ4v) is 1.81. The first kappa shape index (κ1) is 12.3. The second-order valence-corrected chi connectivity index (χ2v) is 4.14. The van der Waals surface area contributed by atoms with Crippen LogP contribution >= 0.6 is 11.6 Å². The van der Waals surface area contributed by atoms with Gasteiger partial charge in [-0.3, -0.25) is 0 Å². The maximum Gasteiger partial charge on any atom is 0.131 e. The summed E-state index contributed by atoms with van der Waals surface area (Å²) in [6.07, 6.45) is 1.62. The zero-order valence-corrected chi connectivity index (χ0v) is 10.2. The molecule has 0 unspecified atom stereocenters. The van der Waals surface area contributed by atoms with Gasteiger partial charge in [0, 0.05) is 10.6 Å². The molecule has 0 heterocycles. The van der Waals surface area contributed by atoms with Crippen molar-refractivity contribution >= 4 is 23.3 Å². The number of nitriles is 1. The van der Waals surface area contributed by atoms with Gasteiger partial charge < -0.3 is 0 Å². The molecule has 0 atom stereocenters. The maximum absolute atomic E-state index is 13.6. The second-order valence-electron chi connectivity index (χ2n) is 3.70. The standard InChI is InChI=1S/C15H9ClFN/c16-13-5-3-4-11(9-13)8-12(10-18)14-6-1-2-7-15(14)17/h1-9H. The number of allylic oxidation sites excluding steroid dienone is 1. The highest BCUT2D eigenvalue weighted by atomic mass is 35.5. The van der Waals surface area contributed by atoms with Crippen molar-refractivity contribution in [2.45, 2.75) is 0 Å². The first-order valence-corrected chi connectivity index (χ1v) is 5.71. The third-order valence-corrected chi connectivity index (χ3v) is 2.68. The van der Waals surface area contributed by atoms with E-state index in [0.717, 1.165) is 5.56 Å². The summed E-state index contributed by atoms with van der Waals surface area (Å²) < 4.78 is 13.6. The average Bonchev–Trinajstić information content (AvgIpc) is 2.37. The summed E-state index contributed by atoms with van der Waals surface area (Å²) in [5.74, 6) is -0.410. The van der Waals surface area contributed by atoms with E-state index in [4.69, 9.17) is 16.9 Å². The van der Waals surface area contributed by atoms with Gasteiger partial charge in [0.1, 0.15) is 5.82 Å². The van der Waals surface area contributed by atoms with Crippen LogP contribution in [0.4, 0.5) is 4.39 Å². The third-order valence-electron chi connectivity index (χ3n) is 2.44. The molecule has 0 spiro atoms. The van der Waals surface area contributed by atoms with Crippen LogP contribution in [0.2, 0.25) is 5.02 Å². The lowest BCUT2D eigenvalue weighted by atomic mass is 10.0. The van der Waals surface area contributed by atoms with Gasteiger partial charge in [0.2, 0.25) is 0 Å². The van der Waals surface area contributed by atoms with Crippen LogP contribution in [0.1, 0.15) is 11.1 Å². The van der Waals surface area contributed by atoms with Crippen LogP contribution in [-0.4, -0.2) is 0 Å². The van der Waals surface area contributed by atoms with E-state index in [1.165, 1.54) is 6.07 Å². The summed E-state index contributed by atoms with van der Waals surface area (Å²) in [6, 6.07) is 15.3. The SMILES string of the molecule is N#CC(=Cc1cccc(Cl)c1)c1ccccc1F. The molecule has 2 aromatic carbocycles. The summed E-state index contributed by atoms with van der Waals surface area (Å²) in [4.78, 5) is 0. The Hall–Kier alpha value is -2.11. The smallest absolute Gasteiger partial charge is 0.131 e. The van der Waals surface area contributed by atoms with Crippen molar-refractivity contribution < 1.29 is 4.39 Å². The third kappa shape index (κ3) is 2.77. The highest BCUT2D eigenvalue weighted by Gasteiger charge is 2.06. The molecule has 2 rings (SSSR count). The van der Waals surface area contributed by atoms with E-state index < -0.39 is 5.82 Å². The Balaban J connectivity index is 2.48. The van der Waals surface area contributed by atoms with Crippen molar-refractivity contribution in [3.8, 4) is 6.07 Å². The van der Waals surface area contributed by atoms with E-state index in [-0.39, 0.29) is 5.57 Å². The van der Waals surface area contributed by atoms with E-state index in [1.54, 1.807) is 42.5 Å². The van der Waals surface area contributed by atoms with Crippen LogP contribution in [0.5, 0.6) is 0 Å². The van der Waals surface area contributed by atoms with E-state index in [0.29, 0.717) is 10.6 Å². The fraction of sp³-hybridized carbons (Fsp3) is 0. The van der Waals surface area contributed by atoms with E-state index in [1.807, 2.05) is 12.1 Å². The first-order chi connectivity index (χ1) is 8.70. The van der Waals surface area contributed by atoms with Crippen molar-refractivity contribution in [1.82, 2.24) is 0 Å². The second kappa shape index (κ2) is 5.48. The molecule has 1 nitrogen and oxygen atoms in total. The lowest BCUT2D eigenvalue weighted by molar-refractivity contribution is 0.624. The van der Waals surface area contributed by atoms with Crippen molar-refractivity contribution in [3.05, 3.63) is 70.5 Å². The molecule has 0 aliphatic rings. The van der Waals surface area contributed by atoms with Gasteiger partial charge in [0.15, 0.2) is 0 Å². The lowest BCUT2D eigenvalue weighted by Gasteiger charge is -2.01.